The molecular formula is C26H34N4O2. The molecule has 0 radical (unpaired) electrons. The third-order valence-corrected chi connectivity index (χ3v) is 6.17. The van der Waals surface area contributed by atoms with Crippen LogP contribution < -0.4 is 10.2 Å². The standard InChI is InChI=1S/C26H34N4O2/c1-3-32-17-7-14-27-25(31)22-12-15-29(16-13-22)26-28-23-10-4-5-11-24(23)30(26)19-21-9-6-8-20(2)18-21/h4-6,8-11,18,22H,3,7,12-17,19H2,1-2H3,(H,27,31). The number of benzene rings is 2. The molecule has 0 bridgehead atoms. The second kappa shape index (κ2) is 10.6. The van der Waals surface area contributed by atoms with Crippen molar-refractivity contribution in [3.8, 4) is 0 Å². The predicted octanol–water partition coefficient (Wildman–Crippen LogP) is 4.15. The average molecular weight is 435 g/mol. The van der Waals surface area contributed by atoms with Crippen LogP contribution >= 0.6 is 0 Å². The van der Waals surface area contributed by atoms with Gasteiger partial charge >= 0.3 is 0 Å². The van der Waals surface area contributed by atoms with Crippen molar-refractivity contribution in [2.24, 2.45) is 5.92 Å². The van der Waals surface area contributed by atoms with Crippen molar-refractivity contribution >= 4 is 22.9 Å². The fourth-order valence-electron chi connectivity index (χ4n) is 4.47. The topological polar surface area (TPSA) is 59.4 Å². The molecular weight excluding hydrogens is 400 g/mol. The van der Waals surface area contributed by atoms with Gasteiger partial charge in [-0.05, 0) is 50.8 Å². The molecule has 1 aliphatic heterocycles. The van der Waals surface area contributed by atoms with E-state index in [9.17, 15) is 4.79 Å². The molecule has 4 rings (SSSR count). The third-order valence-electron chi connectivity index (χ3n) is 6.17. The Morgan fingerprint density at radius 3 is 2.75 bits per heavy atom. The molecule has 1 saturated heterocycles. The van der Waals surface area contributed by atoms with Crippen molar-refractivity contribution < 1.29 is 9.53 Å². The van der Waals surface area contributed by atoms with Gasteiger partial charge in [0.1, 0.15) is 0 Å². The minimum atomic E-state index is 0.0768. The summed E-state index contributed by atoms with van der Waals surface area (Å²) in [4.78, 5) is 19.9. The summed E-state index contributed by atoms with van der Waals surface area (Å²) in [5.41, 5.74) is 4.71. The minimum absolute atomic E-state index is 0.0768. The first-order valence-electron chi connectivity index (χ1n) is 11.8. The highest BCUT2D eigenvalue weighted by molar-refractivity contribution is 5.80. The molecule has 1 fully saturated rings. The van der Waals surface area contributed by atoms with Gasteiger partial charge in [-0.2, -0.15) is 0 Å². The number of amides is 1. The number of hydrogen-bond donors (Lipinski definition) is 1. The van der Waals surface area contributed by atoms with E-state index in [4.69, 9.17) is 9.72 Å². The summed E-state index contributed by atoms with van der Waals surface area (Å²) in [6.45, 7) is 8.70. The quantitative estimate of drug-likeness (QED) is 0.514. The molecule has 3 aromatic rings. The number of carbonyl (C=O) groups is 1. The molecule has 1 N–H and O–H groups in total. The van der Waals surface area contributed by atoms with Gasteiger partial charge in [0.15, 0.2) is 0 Å². The van der Waals surface area contributed by atoms with E-state index in [1.165, 1.54) is 11.1 Å². The molecule has 0 atom stereocenters. The van der Waals surface area contributed by atoms with Crippen LogP contribution in [0.4, 0.5) is 5.95 Å². The minimum Gasteiger partial charge on any atom is -0.382 e. The van der Waals surface area contributed by atoms with Gasteiger partial charge in [-0.1, -0.05) is 42.0 Å². The smallest absolute Gasteiger partial charge is 0.223 e. The molecule has 6 heteroatoms. The average Bonchev–Trinajstić information content (AvgIpc) is 3.17. The number of fused-ring (bicyclic) bond motifs is 1. The Kier molecular flexibility index (Phi) is 7.43. The summed E-state index contributed by atoms with van der Waals surface area (Å²) in [7, 11) is 0. The first kappa shape index (κ1) is 22.3. The van der Waals surface area contributed by atoms with Gasteiger partial charge in [0.2, 0.25) is 11.9 Å². The van der Waals surface area contributed by atoms with Crippen LogP contribution in [0.5, 0.6) is 0 Å². The molecule has 0 spiro atoms. The van der Waals surface area contributed by atoms with E-state index in [0.29, 0.717) is 13.2 Å². The number of carbonyl (C=O) groups excluding carboxylic acids is 1. The maximum Gasteiger partial charge on any atom is 0.223 e. The van der Waals surface area contributed by atoms with Crippen LogP contribution in [0.2, 0.25) is 0 Å². The SMILES string of the molecule is CCOCCCNC(=O)C1CCN(c2nc3ccccc3n2Cc2cccc(C)c2)CC1. The van der Waals surface area contributed by atoms with Crippen molar-refractivity contribution in [1.29, 1.82) is 0 Å². The van der Waals surface area contributed by atoms with Gasteiger partial charge in [0.05, 0.1) is 17.6 Å². The molecule has 1 aromatic heterocycles. The number of imidazole rings is 1. The van der Waals surface area contributed by atoms with Gasteiger partial charge in [0.25, 0.3) is 0 Å². The Morgan fingerprint density at radius 2 is 1.97 bits per heavy atom. The Balaban J connectivity index is 1.43. The normalized spacial score (nSPS) is 14.8. The number of anilines is 1. The number of hydrogen-bond acceptors (Lipinski definition) is 4. The second-order valence-corrected chi connectivity index (χ2v) is 8.58. The van der Waals surface area contributed by atoms with E-state index in [-0.39, 0.29) is 11.8 Å². The van der Waals surface area contributed by atoms with Gasteiger partial charge in [-0.25, -0.2) is 4.98 Å². The van der Waals surface area contributed by atoms with Crippen LogP contribution in [0.25, 0.3) is 11.0 Å². The summed E-state index contributed by atoms with van der Waals surface area (Å²) < 4.78 is 7.66. The Labute approximate surface area is 190 Å². The zero-order valence-electron chi connectivity index (χ0n) is 19.2. The Bertz CT molecular complexity index is 1040. The lowest BCUT2D eigenvalue weighted by molar-refractivity contribution is -0.125. The largest absolute Gasteiger partial charge is 0.382 e. The zero-order chi connectivity index (χ0) is 22.3. The zero-order valence-corrected chi connectivity index (χ0v) is 19.2. The van der Waals surface area contributed by atoms with Gasteiger partial charge in [-0.3, -0.25) is 4.79 Å². The van der Waals surface area contributed by atoms with E-state index in [2.05, 4.69) is 64.2 Å². The van der Waals surface area contributed by atoms with Gasteiger partial charge in [0, 0.05) is 38.8 Å². The summed E-state index contributed by atoms with van der Waals surface area (Å²) in [6, 6.07) is 17.0. The van der Waals surface area contributed by atoms with Crippen LogP contribution in [-0.4, -0.2) is 48.3 Å². The van der Waals surface area contributed by atoms with Crippen LogP contribution in [0.1, 0.15) is 37.3 Å². The Morgan fingerprint density at radius 1 is 1.16 bits per heavy atom. The second-order valence-electron chi connectivity index (χ2n) is 8.58. The van der Waals surface area contributed by atoms with Crippen LogP contribution in [0.15, 0.2) is 48.5 Å². The molecule has 6 nitrogen and oxygen atoms in total. The highest BCUT2D eigenvalue weighted by Gasteiger charge is 2.27. The molecule has 2 aromatic carbocycles. The lowest BCUT2D eigenvalue weighted by atomic mass is 9.96. The number of piperidine rings is 1. The fraction of sp³-hybridized carbons (Fsp3) is 0.462. The summed E-state index contributed by atoms with van der Waals surface area (Å²) in [5.74, 6) is 1.26. The first-order valence-corrected chi connectivity index (χ1v) is 11.8. The van der Waals surface area contributed by atoms with Crippen molar-refractivity contribution in [3.63, 3.8) is 0 Å². The lowest BCUT2D eigenvalue weighted by Gasteiger charge is -2.32. The summed E-state index contributed by atoms with van der Waals surface area (Å²) in [5, 5.41) is 3.08. The third kappa shape index (κ3) is 5.30. The van der Waals surface area contributed by atoms with Crippen molar-refractivity contribution in [2.75, 3.05) is 37.7 Å². The number of aromatic nitrogens is 2. The van der Waals surface area contributed by atoms with Crippen LogP contribution in [0.3, 0.4) is 0 Å². The highest BCUT2D eigenvalue weighted by atomic mass is 16.5. The highest BCUT2D eigenvalue weighted by Crippen LogP contribution is 2.28. The first-order chi connectivity index (χ1) is 15.7. The molecule has 1 amide bonds. The van der Waals surface area contributed by atoms with E-state index in [1.54, 1.807) is 0 Å². The van der Waals surface area contributed by atoms with E-state index < -0.39 is 0 Å². The number of rotatable bonds is 9. The summed E-state index contributed by atoms with van der Waals surface area (Å²) >= 11 is 0. The molecule has 1 aliphatic rings. The molecule has 0 saturated carbocycles. The summed E-state index contributed by atoms with van der Waals surface area (Å²) in [6.07, 6.45) is 2.57. The number of para-hydroxylation sites is 2. The number of ether oxygens (including phenoxy) is 1. The maximum atomic E-state index is 12.6. The Hall–Kier alpha value is -2.86. The van der Waals surface area contributed by atoms with E-state index in [1.807, 2.05) is 13.0 Å². The van der Waals surface area contributed by atoms with Crippen molar-refractivity contribution in [1.82, 2.24) is 14.9 Å². The fourth-order valence-corrected chi connectivity index (χ4v) is 4.47. The molecule has 0 aliphatic carbocycles. The molecule has 32 heavy (non-hydrogen) atoms. The number of aryl methyl sites for hydroxylation is 1. The van der Waals surface area contributed by atoms with Crippen molar-refractivity contribution in [3.05, 3.63) is 59.7 Å². The van der Waals surface area contributed by atoms with Crippen LogP contribution in [-0.2, 0) is 16.1 Å². The number of nitrogens with zero attached hydrogens (tertiary/aromatic N) is 3. The molecule has 2 heterocycles. The van der Waals surface area contributed by atoms with E-state index in [0.717, 1.165) is 62.5 Å². The van der Waals surface area contributed by atoms with Crippen molar-refractivity contribution in [2.45, 2.75) is 39.7 Å². The van der Waals surface area contributed by atoms with Gasteiger partial charge in [-0.15, -0.1) is 0 Å². The van der Waals surface area contributed by atoms with Gasteiger partial charge < -0.3 is 19.5 Å². The number of nitrogens with one attached hydrogen (secondary N) is 1. The predicted molar refractivity (Wildman–Crippen MR) is 129 cm³/mol. The molecule has 170 valence electrons. The van der Waals surface area contributed by atoms with Crippen LogP contribution in [0, 0.1) is 12.8 Å². The van der Waals surface area contributed by atoms with E-state index >= 15 is 0 Å². The monoisotopic (exact) mass is 434 g/mol. The maximum absolute atomic E-state index is 12.6. The lowest BCUT2D eigenvalue weighted by Crippen LogP contribution is -2.41. The molecule has 0 unspecified atom stereocenters.